The minimum atomic E-state index is -0.240. The summed E-state index contributed by atoms with van der Waals surface area (Å²) in [5.74, 6) is 1.74. The number of ether oxygens (including phenoxy) is 2. The van der Waals surface area contributed by atoms with Crippen molar-refractivity contribution >= 4 is 29.3 Å². The smallest absolute Gasteiger partial charge is 0.238 e. The first-order valence-corrected chi connectivity index (χ1v) is 12.2. The van der Waals surface area contributed by atoms with Gasteiger partial charge in [-0.05, 0) is 42.9 Å². The summed E-state index contributed by atoms with van der Waals surface area (Å²) < 4.78 is 11.4. The van der Waals surface area contributed by atoms with E-state index in [4.69, 9.17) is 20.2 Å². The van der Waals surface area contributed by atoms with Gasteiger partial charge in [0.05, 0.1) is 24.7 Å². The summed E-state index contributed by atoms with van der Waals surface area (Å²) in [6, 6.07) is 15.3. The number of carbonyl (C=O) groups excluding carboxylic acids is 1. The average Bonchev–Trinajstić information content (AvgIpc) is 2.89. The zero-order chi connectivity index (χ0) is 24.6. The molecule has 1 amide bonds. The van der Waals surface area contributed by atoms with Crippen LogP contribution in [0.15, 0.2) is 64.5 Å². The molecule has 35 heavy (non-hydrogen) atoms. The number of methoxy groups -OCH3 is 1. The number of hydrogen-bond donors (Lipinski definition) is 2. The third kappa shape index (κ3) is 6.84. The van der Waals surface area contributed by atoms with E-state index in [1.165, 1.54) is 11.8 Å². The van der Waals surface area contributed by atoms with E-state index >= 15 is 0 Å². The zero-order valence-corrected chi connectivity index (χ0v) is 20.8. The molecule has 184 valence electrons. The summed E-state index contributed by atoms with van der Waals surface area (Å²) in [6.45, 7) is 3.95. The fourth-order valence-corrected chi connectivity index (χ4v) is 4.41. The first-order valence-electron chi connectivity index (χ1n) is 11.4. The Morgan fingerprint density at radius 3 is 2.63 bits per heavy atom. The van der Waals surface area contributed by atoms with Gasteiger partial charge in [0.25, 0.3) is 0 Å². The molecule has 4 rings (SSSR count). The number of carbonyl (C=O) groups is 1. The van der Waals surface area contributed by atoms with Crippen LogP contribution in [0.1, 0.15) is 5.56 Å². The number of piperazine rings is 1. The van der Waals surface area contributed by atoms with Crippen LogP contribution in [-0.4, -0.2) is 67.7 Å². The van der Waals surface area contributed by atoms with Crippen molar-refractivity contribution in [1.29, 1.82) is 0 Å². The molecule has 2 aromatic carbocycles. The van der Waals surface area contributed by atoms with E-state index in [0.29, 0.717) is 24.1 Å². The van der Waals surface area contributed by atoms with Crippen LogP contribution >= 0.6 is 11.8 Å². The zero-order valence-electron chi connectivity index (χ0n) is 19.9. The highest BCUT2D eigenvalue weighted by atomic mass is 32.2. The maximum atomic E-state index is 11.7. The lowest BCUT2D eigenvalue weighted by Crippen LogP contribution is -2.45. The number of nitrogens with zero attached hydrogens (tertiary/aromatic N) is 4. The van der Waals surface area contributed by atoms with Gasteiger partial charge in [-0.1, -0.05) is 30.0 Å². The van der Waals surface area contributed by atoms with Crippen LogP contribution in [0, 0.1) is 0 Å². The molecular formula is C25H30N6O3S. The number of nitrogens with two attached hydrogens (primary N) is 1. The first kappa shape index (κ1) is 24.8. The molecule has 1 saturated heterocycles. The highest BCUT2D eigenvalue weighted by molar-refractivity contribution is 7.99. The molecule has 10 heteroatoms. The Labute approximate surface area is 209 Å². The monoisotopic (exact) mass is 494 g/mol. The van der Waals surface area contributed by atoms with Crippen molar-refractivity contribution in [3.05, 3.63) is 60.3 Å². The molecule has 0 atom stereocenters. The summed E-state index contributed by atoms with van der Waals surface area (Å²) in [7, 11) is 3.76. The Morgan fingerprint density at radius 2 is 1.91 bits per heavy atom. The first-order chi connectivity index (χ1) is 17.0. The molecule has 9 nitrogen and oxygen atoms in total. The van der Waals surface area contributed by atoms with Gasteiger partial charge in [0.15, 0.2) is 0 Å². The second-order valence-electron chi connectivity index (χ2n) is 8.15. The van der Waals surface area contributed by atoms with Crippen LogP contribution in [-0.2, 0) is 11.4 Å². The summed E-state index contributed by atoms with van der Waals surface area (Å²) in [6.07, 6.45) is 1.81. The normalized spacial score (nSPS) is 14.0. The fourth-order valence-electron chi connectivity index (χ4n) is 3.53. The number of amides is 1. The van der Waals surface area contributed by atoms with Crippen molar-refractivity contribution in [2.75, 3.05) is 57.1 Å². The van der Waals surface area contributed by atoms with E-state index in [1.54, 1.807) is 13.3 Å². The lowest BCUT2D eigenvalue weighted by molar-refractivity contribution is -0.114. The van der Waals surface area contributed by atoms with Gasteiger partial charge in [-0.25, -0.2) is 4.98 Å². The molecule has 3 aromatic rings. The highest BCUT2D eigenvalue weighted by Gasteiger charge is 2.19. The predicted octanol–water partition coefficient (Wildman–Crippen LogP) is 2.86. The molecule has 0 spiro atoms. The van der Waals surface area contributed by atoms with E-state index in [1.807, 2.05) is 48.5 Å². The summed E-state index contributed by atoms with van der Waals surface area (Å²) in [5.41, 5.74) is 7.11. The number of likely N-dealkylation sites (N-methyl/N-ethyl adjacent to an activating group) is 1. The second-order valence-corrected chi connectivity index (χ2v) is 9.26. The van der Waals surface area contributed by atoms with Crippen molar-refractivity contribution in [2.45, 2.75) is 16.4 Å². The molecule has 1 aromatic heterocycles. The SMILES string of the molecule is COc1ccc(COc2nc(N3CCN(C)CC3)ncc2Sc2cccc(NC(=O)CN)c2)cc1. The molecule has 1 fully saturated rings. The van der Waals surface area contributed by atoms with Gasteiger partial charge in [-0.15, -0.1) is 0 Å². The Bertz CT molecular complexity index is 1140. The van der Waals surface area contributed by atoms with E-state index < -0.39 is 0 Å². The number of benzene rings is 2. The lowest BCUT2D eigenvalue weighted by Gasteiger charge is -2.32. The molecule has 0 unspecified atom stereocenters. The van der Waals surface area contributed by atoms with Crippen LogP contribution < -0.4 is 25.4 Å². The van der Waals surface area contributed by atoms with E-state index in [2.05, 4.69) is 27.1 Å². The van der Waals surface area contributed by atoms with E-state index in [0.717, 1.165) is 47.3 Å². The predicted molar refractivity (Wildman–Crippen MR) is 137 cm³/mol. The summed E-state index contributed by atoms with van der Waals surface area (Å²) in [4.78, 5) is 27.3. The maximum absolute atomic E-state index is 11.7. The summed E-state index contributed by atoms with van der Waals surface area (Å²) in [5, 5.41) is 2.78. The summed E-state index contributed by atoms with van der Waals surface area (Å²) >= 11 is 1.48. The highest BCUT2D eigenvalue weighted by Crippen LogP contribution is 2.36. The standard InChI is InChI=1S/C25H30N6O3S/c1-30-10-12-31(13-11-30)25-27-16-22(35-21-5-3-4-19(14-21)28-23(32)15-26)24(29-25)34-17-18-6-8-20(33-2)9-7-18/h3-9,14,16H,10-13,15,17,26H2,1-2H3,(H,28,32). The molecule has 1 aliphatic rings. The molecule has 0 bridgehead atoms. The van der Waals surface area contributed by atoms with Gasteiger partial charge in [-0.2, -0.15) is 4.98 Å². The number of rotatable bonds is 9. The van der Waals surface area contributed by atoms with Gasteiger partial charge < -0.3 is 30.3 Å². The average molecular weight is 495 g/mol. The van der Waals surface area contributed by atoms with Crippen LogP contribution in [0.4, 0.5) is 11.6 Å². The van der Waals surface area contributed by atoms with Crippen LogP contribution in [0.25, 0.3) is 0 Å². The number of nitrogens with one attached hydrogen (secondary N) is 1. The van der Waals surface area contributed by atoms with Crippen molar-refractivity contribution in [2.24, 2.45) is 5.73 Å². The van der Waals surface area contributed by atoms with Gasteiger partial charge in [-0.3, -0.25) is 4.79 Å². The third-order valence-electron chi connectivity index (χ3n) is 5.56. The minimum Gasteiger partial charge on any atom is -0.497 e. The van der Waals surface area contributed by atoms with Crippen molar-refractivity contribution < 1.29 is 14.3 Å². The molecular weight excluding hydrogens is 464 g/mol. The number of aromatic nitrogens is 2. The van der Waals surface area contributed by atoms with Crippen LogP contribution in [0.3, 0.4) is 0 Å². The van der Waals surface area contributed by atoms with Crippen molar-refractivity contribution in [3.63, 3.8) is 0 Å². The van der Waals surface area contributed by atoms with Crippen molar-refractivity contribution in [3.8, 4) is 11.6 Å². The Balaban J connectivity index is 1.56. The maximum Gasteiger partial charge on any atom is 0.238 e. The Hall–Kier alpha value is -3.34. The topological polar surface area (TPSA) is 106 Å². The van der Waals surface area contributed by atoms with Crippen molar-refractivity contribution in [1.82, 2.24) is 14.9 Å². The Morgan fingerprint density at radius 1 is 1.14 bits per heavy atom. The number of hydrogen-bond acceptors (Lipinski definition) is 9. The van der Waals surface area contributed by atoms with Gasteiger partial charge in [0, 0.05) is 36.8 Å². The molecule has 0 saturated carbocycles. The lowest BCUT2D eigenvalue weighted by atomic mass is 10.2. The van der Waals surface area contributed by atoms with Gasteiger partial charge >= 0.3 is 0 Å². The minimum absolute atomic E-state index is 0.0672. The third-order valence-corrected chi connectivity index (χ3v) is 6.55. The van der Waals surface area contributed by atoms with Crippen LogP contribution in [0.5, 0.6) is 11.6 Å². The largest absolute Gasteiger partial charge is 0.497 e. The number of anilines is 2. The molecule has 0 radical (unpaired) electrons. The molecule has 1 aliphatic heterocycles. The molecule has 3 N–H and O–H groups in total. The molecule has 2 heterocycles. The van der Waals surface area contributed by atoms with Crippen LogP contribution in [0.2, 0.25) is 0 Å². The Kier molecular flexibility index (Phi) is 8.40. The van der Waals surface area contributed by atoms with Gasteiger partial charge in [0.2, 0.25) is 17.7 Å². The molecule has 0 aliphatic carbocycles. The second kappa shape index (κ2) is 11.9. The quantitative estimate of drug-likeness (QED) is 0.464. The van der Waals surface area contributed by atoms with E-state index in [9.17, 15) is 4.79 Å². The van der Waals surface area contributed by atoms with E-state index in [-0.39, 0.29) is 12.5 Å². The van der Waals surface area contributed by atoms with Gasteiger partial charge in [0.1, 0.15) is 12.4 Å². The fraction of sp³-hybridized carbons (Fsp3) is 0.320.